The van der Waals surface area contributed by atoms with Gasteiger partial charge >= 0.3 is 5.97 Å². The van der Waals surface area contributed by atoms with Crippen LogP contribution >= 0.6 is 11.8 Å². The Morgan fingerprint density at radius 1 is 1.21 bits per heavy atom. The van der Waals surface area contributed by atoms with E-state index in [2.05, 4.69) is 20.1 Å². The molecule has 3 aromatic rings. The van der Waals surface area contributed by atoms with Crippen LogP contribution < -0.4 is 15.8 Å². The molecule has 0 spiro atoms. The van der Waals surface area contributed by atoms with Crippen molar-refractivity contribution in [2.45, 2.75) is 30.7 Å². The molecule has 10 nitrogen and oxygen atoms in total. The maximum Gasteiger partial charge on any atom is 0.303 e. The molecule has 33 heavy (non-hydrogen) atoms. The molecule has 0 fully saturated rings. The number of thioether (sulfide) groups is 1. The van der Waals surface area contributed by atoms with Crippen molar-refractivity contribution in [1.82, 2.24) is 9.97 Å². The molecule has 1 aromatic carbocycles. The number of nitrogens with two attached hydrogens (primary N) is 1. The molecular weight excluding hydrogens is 444 g/mol. The second-order valence-electron chi connectivity index (χ2n) is 6.94. The predicted molar refractivity (Wildman–Crippen MR) is 123 cm³/mol. The number of hydrogen-bond acceptors (Lipinski definition) is 7. The van der Waals surface area contributed by atoms with Gasteiger partial charge in [-0.25, -0.2) is 14.8 Å². The monoisotopic (exact) mass is 464 g/mol. The zero-order valence-corrected chi connectivity index (χ0v) is 18.4. The van der Waals surface area contributed by atoms with Crippen LogP contribution in [0.2, 0.25) is 0 Å². The highest BCUT2D eigenvalue weighted by Crippen LogP contribution is 2.35. The van der Waals surface area contributed by atoms with Gasteiger partial charge < -0.3 is 21.4 Å². The van der Waals surface area contributed by atoms with Crippen molar-refractivity contribution in [3.05, 3.63) is 70.5 Å². The topological polar surface area (TPSA) is 149 Å². The number of aliphatic carboxylic acids is 1. The number of benzene rings is 1. The van der Waals surface area contributed by atoms with Gasteiger partial charge in [0.25, 0.3) is 5.69 Å². The van der Waals surface area contributed by atoms with Crippen LogP contribution in [0.1, 0.15) is 24.7 Å². The highest BCUT2D eigenvalue weighted by Gasteiger charge is 2.17. The third-order valence-electron chi connectivity index (χ3n) is 4.52. The summed E-state index contributed by atoms with van der Waals surface area (Å²) in [5, 5.41) is 24.3. The van der Waals surface area contributed by atoms with Crippen LogP contribution in [0.3, 0.4) is 0 Å². The molecule has 0 saturated heterocycles. The summed E-state index contributed by atoms with van der Waals surface area (Å²) in [5.74, 6) is -0.927. The Hall–Kier alpha value is -4.17. The van der Waals surface area contributed by atoms with E-state index in [-0.39, 0.29) is 41.2 Å². The summed E-state index contributed by atoms with van der Waals surface area (Å²) in [5.41, 5.74) is 8.47. The fraction of sp³-hybridized carbons (Fsp3) is 0.182. The maximum absolute atomic E-state index is 12.5. The minimum atomic E-state index is -0.976. The third kappa shape index (κ3) is 5.96. The Balaban J connectivity index is 1.85. The van der Waals surface area contributed by atoms with E-state index in [4.69, 9.17) is 17.4 Å². The van der Waals surface area contributed by atoms with Crippen molar-refractivity contribution in [2.75, 3.05) is 11.1 Å². The number of aromatic nitrogens is 3. The van der Waals surface area contributed by atoms with Crippen molar-refractivity contribution < 1.29 is 19.4 Å². The number of anilines is 2. The number of amides is 1. The summed E-state index contributed by atoms with van der Waals surface area (Å²) in [6.07, 6.45) is -0.0141. The van der Waals surface area contributed by atoms with Crippen LogP contribution in [-0.4, -0.2) is 27.0 Å². The van der Waals surface area contributed by atoms with E-state index in [9.17, 15) is 14.8 Å². The molecule has 0 bridgehead atoms. The Labute approximate surface area is 193 Å². The first-order valence-corrected chi connectivity index (χ1v) is 10.7. The number of aryl methyl sites for hydroxylation is 1. The molecule has 11 heteroatoms. The number of carbonyl (C=O) groups excluding carboxylic acids is 1. The van der Waals surface area contributed by atoms with Gasteiger partial charge in [0.1, 0.15) is 5.82 Å². The lowest BCUT2D eigenvalue weighted by Gasteiger charge is -2.11. The highest BCUT2D eigenvalue weighted by atomic mass is 32.2. The van der Waals surface area contributed by atoms with E-state index in [0.717, 1.165) is 0 Å². The van der Waals surface area contributed by atoms with Gasteiger partial charge in [-0.3, -0.25) is 9.59 Å². The molecule has 168 valence electrons. The third-order valence-corrected chi connectivity index (χ3v) is 5.40. The number of pyridine rings is 1. The van der Waals surface area contributed by atoms with E-state index in [1.54, 1.807) is 42.5 Å². The number of hydrogen-bond donors (Lipinski definition) is 3. The number of nitrogens with zero attached hydrogens (tertiary/aromatic N) is 4. The van der Waals surface area contributed by atoms with Crippen LogP contribution in [-0.2, 0) is 21.8 Å². The lowest BCUT2D eigenvalue weighted by atomic mass is 10.1. The van der Waals surface area contributed by atoms with E-state index in [0.29, 0.717) is 33.1 Å². The van der Waals surface area contributed by atoms with Gasteiger partial charge in [-0.1, -0.05) is 23.9 Å². The molecule has 2 heterocycles. The van der Waals surface area contributed by atoms with Gasteiger partial charge in [0.2, 0.25) is 11.6 Å². The average Bonchev–Trinajstić information content (AvgIpc) is 2.77. The maximum atomic E-state index is 12.5. The van der Waals surface area contributed by atoms with Gasteiger partial charge in [-0.2, -0.15) is 4.73 Å². The molecule has 0 aliphatic carbocycles. The predicted octanol–water partition coefficient (Wildman–Crippen LogP) is 3.18. The lowest BCUT2D eigenvalue weighted by Crippen LogP contribution is -2.36. The minimum Gasteiger partial charge on any atom is -0.618 e. The number of carbonyl (C=O) groups is 2. The van der Waals surface area contributed by atoms with E-state index in [1.807, 2.05) is 0 Å². The van der Waals surface area contributed by atoms with Crippen LogP contribution in [0.5, 0.6) is 0 Å². The van der Waals surface area contributed by atoms with Crippen molar-refractivity contribution in [2.24, 2.45) is 0 Å². The van der Waals surface area contributed by atoms with Gasteiger partial charge in [-0.15, -0.1) is 0 Å². The van der Waals surface area contributed by atoms with Crippen LogP contribution in [0, 0.1) is 11.8 Å². The normalized spacial score (nSPS) is 10.4. The molecule has 1 amide bonds. The first kappa shape index (κ1) is 23.5. The zero-order chi connectivity index (χ0) is 24.0. The Bertz CT molecular complexity index is 1240. The average molecular weight is 465 g/mol. The van der Waals surface area contributed by atoms with Crippen molar-refractivity contribution in [3.63, 3.8) is 0 Å². The molecule has 0 radical (unpaired) electrons. The standard InChI is InChI=1S/C22H20N6O4S/c1-13(29)25-15-8-6-14(7-9-15)19-20(24-2)21(23)27-22(26-19)33-12-17-5-3-4-16(28(17)32)10-11-18(30)31/h3-9H,10-12H2,1H3,(H,25,29)(H,30,31)(H2,23,26,27). The quantitative estimate of drug-likeness (QED) is 0.151. The van der Waals surface area contributed by atoms with Crippen LogP contribution in [0.15, 0.2) is 47.6 Å². The number of carboxylic acids is 1. The molecule has 0 aliphatic rings. The van der Waals surface area contributed by atoms with E-state index >= 15 is 0 Å². The second-order valence-corrected chi connectivity index (χ2v) is 7.89. The molecule has 3 rings (SSSR count). The minimum absolute atomic E-state index is 0.0219. The van der Waals surface area contributed by atoms with Gasteiger partial charge in [0.05, 0.1) is 24.4 Å². The Morgan fingerprint density at radius 2 is 1.91 bits per heavy atom. The van der Waals surface area contributed by atoms with E-state index < -0.39 is 5.97 Å². The van der Waals surface area contributed by atoms with Crippen LogP contribution in [0.4, 0.5) is 17.2 Å². The van der Waals surface area contributed by atoms with Crippen molar-refractivity contribution in [3.8, 4) is 11.3 Å². The second kappa shape index (κ2) is 10.4. The van der Waals surface area contributed by atoms with Gasteiger partial charge in [0, 0.05) is 31.2 Å². The Kier molecular flexibility index (Phi) is 7.42. The largest absolute Gasteiger partial charge is 0.618 e. The molecule has 0 saturated carbocycles. The SMILES string of the molecule is [C-]#[N+]c1c(N)nc(SCc2cccc(CCC(=O)O)[n+]2[O-])nc1-c1ccc(NC(C)=O)cc1. The molecule has 0 aliphatic heterocycles. The summed E-state index contributed by atoms with van der Waals surface area (Å²) < 4.78 is 0.717. The highest BCUT2D eigenvalue weighted by molar-refractivity contribution is 7.98. The molecule has 0 unspecified atom stereocenters. The molecule has 2 aromatic heterocycles. The van der Waals surface area contributed by atoms with Crippen molar-refractivity contribution >= 4 is 40.8 Å². The summed E-state index contributed by atoms with van der Waals surface area (Å²) >= 11 is 1.18. The van der Waals surface area contributed by atoms with E-state index in [1.165, 1.54) is 18.7 Å². The molecule has 4 N–H and O–H groups in total. The molecule has 0 atom stereocenters. The summed E-state index contributed by atoms with van der Waals surface area (Å²) in [6, 6.07) is 11.7. The number of carboxylic acid groups (broad SMARTS) is 1. The first-order chi connectivity index (χ1) is 15.8. The fourth-order valence-electron chi connectivity index (χ4n) is 3.00. The van der Waals surface area contributed by atoms with Gasteiger partial charge in [-0.05, 0) is 23.8 Å². The summed E-state index contributed by atoms with van der Waals surface area (Å²) in [7, 11) is 0. The summed E-state index contributed by atoms with van der Waals surface area (Å²) in [4.78, 5) is 34.1. The van der Waals surface area contributed by atoms with Crippen molar-refractivity contribution in [1.29, 1.82) is 0 Å². The van der Waals surface area contributed by atoms with Crippen LogP contribution in [0.25, 0.3) is 16.1 Å². The number of nitrogens with one attached hydrogen (secondary N) is 1. The lowest BCUT2D eigenvalue weighted by molar-refractivity contribution is -0.621. The Morgan fingerprint density at radius 3 is 2.55 bits per heavy atom. The smallest absolute Gasteiger partial charge is 0.303 e. The fourth-order valence-corrected chi connectivity index (χ4v) is 3.81. The zero-order valence-electron chi connectivity index (χ0n) is 17.6. The molecular formula is C22H20N6O4S. The van der Waals surface area contributed by atoms with Gasteiger partial charge in [0.15, 0.2) is 10.9 Å². The first-order valence-electron chi connectivity index (χ1n) is 9.76. The number of nitrogen functional groups attached to an aromatic ring is 1. The summed E-state index contributed by atoms with van der Waals surface area (Å²) in [6.45, 7) is 8.86. The number of rotatable bonds is 8.